The van der Waals surface area contributed by atoms with Crippen molar-refractivity contribution in [2.24, 2.45) is 0 Å². The van der Waals surface area contributed by atoms with Crippen LogP contribution in [0.3, 0.4) is 0 Å². The first-order valence-electron chi connectivity index (χ1n) is 46.5. The average Bonchev–Trinajstić information content (AvgIpc) is 0.717. The Morgan fingerprint density at radius 3 is 0.472 bits per heavy atom. The molecule has 28 heteroatoms. The summed E-state index contributed by atoms with van der Waals surface area (Å²) >= 11 is -4.47. The van der Waals surface area contributed by atoms with Gasteiger partial charge in [0.15, 0.2) is 23.0 Å². The van der Waals surface area contributed by atoms with Crippen molar-refractivity contribution in [3.8, 4) is 159 Å². The molecule has 0 aliphatic carbocycles. The van der Waals surface area contributed by atoms with Gasteiger partial charge in [0.1, 0.15) is 0 Å². The van der Waals surface area contributed by atoms with Crippen molar-refractivity contribution in [2.45, 2.75) is 73.8 Å². The van der Waals surface area contributed by atoms with Crippen LogP contribution in [0.1, 0.15) is 0 Å². The molecule has 20 aromatic rings. The van der Waals surface area contributed by atoms with E-state index in [1.807, 2.05) is 48.5 Å². The number of phenolic OH excluding ortho intramolecular Hbond substituents is 20. The summed E-state index contributed by atoms with van der Waals surface area (Å²) in [5.74, 6) is -3.92. The molecule has 0 atom stereocenters. The van der Waals surface area contributed by atoms with Gasteiger partial charge in [0, 0.05) is 33.5 Å². The number of nitrogens with zero attached hydrogens (tertiary/aromatic N) is 4. The predicted molar refractivity (Wildman–Crippen MR) is 586 cm³/mol. The topological polar surface area (TPSA) is 418 Å². The number of phenols is 20. The predicted octanol–water partition coefficient (Wildman–Crippen LogP) is 26.0. The van der Waals surface area contributed by atoms with Crippen molar-refractivity contribution in [2.75, 3.05) is 19.6 Å². The molecule has 0 unspecified atom stereocenters. The Labute approximate surface area is 834 Å². The molecule has 0 aliphatic rings. The van der Waals surface area contributed by atoms with Crippen LogP contribution in [0.15, 0.2) is 291 Å². The van der Waals surface area contributed by atoms with E-state index in [0.717, 1.165) is 133 Å². The summed E-state index contributed by atoms with van der Waals surface area (Å²) in [5, 5.41) is 224. The van der Waals surface area contributed by atoms with Crippen LogP contribution in [-0.4, -0.2) is 145 Å². The number of hydrogen-bond acceptors (Lipinski definition) is 24. The van der Waals surface area contributed by atoms with Gasteiger partial charge in [-0.2, -0.15) is 0 Å². The Morgan fingerprint density at radius 1 is 0.167 bits per heavy atom. The summed E-state index contributed by atoms with van der Waals surface area (Å²) in [6, 6.07) is 96.1. The fraction of sp³-hybridized carbons (Fsp3) is 0.103. The summed E-state index contributed by atoms with van der Waals surface area (Å²) in [5.41, 5.74) is 10.1. The van der Waals surface area contributed by atoms with E-state index in [0.29, 0.717) is 0 Å². The molecule has 0 saturated carbocycles. The number of rotatable bonds is 20. The van der Waals surface area contributed by atoms with Gasteiger partial charge < -0.3 is 91.5 Å². The first kappa shape index (κ1) is 96.1. The summed E-state index contributed by atoms with van der Waals surface area (Å²) in [6.07, 6.45) is 0. The normalized spacial score (nSPS) is 12.0. The molecule has 0 bridgehead atoms. The minimum atomic E-state index is -2.23. The third-order valence-corrected chi connectivity index (χ3v) is 40.1. The van der Waals surface area contributed by atoms with Crippen molar-refractivity contribution in [3.05, 3.63) is 291 Å². The molecule has 0 aliphatic heterocycles. The van der Waals surface area contributed by atoms with Crippen LogP contribution in [0, 0.1) is 0 Å². The Hall–Kier alpha value is -16.8. The molecule has 20 aromatic carbocycles. The second kappa shape index (κ2) is 35.8. The summed E-state index contributed by atoms with van der Waals surface area (Å²) in [7, 11) is -3.37. The van der Waals surface area contributed by atoms with Crippen LogP contribution in [0.4, 0.5) is 68.2 Å². The average molecular weight is 2080 g/mol. The second-order valence-corrected chi connectivity index (χ2v) is 71.8. The zero-order chi connectivity index (χ0) is 103. The zero-order valence-electron chi connectivity index (χ0n) is 80.4. The molecule has 20 N–H and O–H groups in total. The first-order chi connectivity index (χ1) is 68.3. The van der Waals surface area contributed by atoms with E-state index < -0.39 is 158 Å². The molecule has 144 heavy (non-hydrogen) atoms. The quantitative estimate of drug-likeness (QED) is 0.0146. The first-order valence-corrected chi connectivity index (χ1v) is 68.2. The van der Waals surface area contributed by atoms with Gasteiger partial charge in [-0.05, 0) is 93.3 Å². The van der Waals surface area contributed by atoms with Crippen LogP contribution >= 0.6 is 0 Å². The fourth-order valence-corrected chi connectivity index (χ4v) is 26.6. The zero-order valence-corrected chi connectivity index (χ0v) is 86.6. The van der Waals surface area contributed by atoms with Crippen LogP contribution in [0.25, 0.3) is 109 Å². The van der Waals surface area contributed by atoms with E-state index in [4.69, 9.17) is 0 Å². The van der Waals surface area contributed by atoms with Crippen molar-refractivity contribution >= 4 is 195 Å². The van der Waals surface area contributed by atoms with E-state index in [1.165, 1.54) is 19.2 Å². The number of benzene rings is 20. The van der Waals surface area contributed by atoms with Gasteiger partial charge in [-0.25, -0.2) is 0 Å². The SMILES string of the molecule is C[Si](C)(C)c1ccc(N(c2ccc(-c3c(O)c(O)c(O)c(O)c3O)cc2)c2ccc3ccc4c(N(c5ccc(-c6c(O)c(O)c(O)c(O)c6O)cc5)c5ccc([Si](C)(C)C)cc5)ccc5ccc2c3c54)cc1.[CH3][Ge]([CH3])([CH3])[c]1ccc(N(c2ccc(-c3c(O)c(O)c(O)c(O)c3O)cc2)c2ccc3ccc4c(N(c5ccc(-c6c(O)c(O)c(O)c(O)c6O)cc5)c5cc[c]([Ge]([CH3])([CH3])[CH3])cc5)ccc5ccc2c3c54)cc1. The standard InChI is InChI=1S/C58H52Ge2N2O10.C58H52N2O10Si2/c1-59(2,3)35-15-23-39(24-16-35)61(37-19-7-33(8-20-37)47-49(63)53(67)57(71)54(68)50(47)64)43-29-13-31-12-28-42-44(30-14-32-11-27-41(43)45(31)46(32)42)62(40-25-17-36(18-26-40)60(4,5)6)38-21-9-34(10-22-38)48-51(65)55(69)58(72)56(70)52(48)66;1-71(2,3)39-23-19-37(20-24-39)59(35-15-7-33(8-16-35)47-49(61)53(65)57(69)54(66)50(47)62)43-29-13-31-12-28-42-44(30-14-32-11-27-41(43)45(31)46(32)42)60(38-21-25-40(26-22-38)72(4,5)6)36-17-9-34(10-18-36)48-51(63)55(67)58(70)56(68)52(48)64/h7-30,63-72H,1-6H3;7-30,61-70H,1-6H3. The van der Waals surface area contributed by atoms with E-state index in [1.54, 1.807) is 48.5 Å². The van der Waals surface area contributed by atoms with Crippen molar-refractivity contribution in [3.63, 3.8) is 0 Å². The fourth-order valence-electron chi connectivity index (χ4n) is 19.4. The van der Waals surface area contributed by atoms with E-state index in [-0.39, 0.29) is 44.5 Å². The Bertz CT molecular complexity index is 7400. The van der Waals surface area contributed by atoms with Crippen molar-refractivity contribution in [1.29, 1.82) is 0 Å². The second-order valence-electron chi connectivity index (χ2n) is 40.4. The monoisotopic (exact) mass is 2080 g/mol. The molecule has 0 saturated heterocycles. The van der Waals surface area contributed by atoms with Gasteiger partial charge in [-0.3, -0.25) is 0 Å². The molecular formula is C116H104Ge2N4O20Si2. The summed E-state index contributed by atoms with van der Waals surface area (Å²) in [4.78, 5) is 8.60. The molecule has 0 fully saturated rings. The van der Waals surface area contributed by atoms with Gasteiger partial charge in [-0.1, -0.05) is 135 Å². The van der Waals surface area contributed by atoms with Crippen LogP contribution < -0.4 is 38.8 Å². The molecule has 0 amide bonds. The number of aromatic hydroxyl groups is 20. The van der Waals surface area contributed by atoms with E-state index in [9.17, 15) is 102 Å². The molecular weight excluding hydrogens is 1970 g/mol. The molecule has 24 nitrogen and oxygen atoms in total. The number of anilines is 12. The Kier molecular flexibility index (Phi) is 23.9. The summed E-state index contributed by atoms with van der Waals surface area (Å²) in [6.45, 7) is 13.8. The molecule has 0 radical (unpaired) electrons. The molecule has 0 spiro atoms. The van der Waals surface area contributed by atoms with Crippen LogP contribution in [0.2, 0.25) is 73.8 Å². The van der Waals surface area contributed by atoms with Gasteiger partial charge in [0.25, 0.3) is 0 Å². The van der Waals surface area contributed by atoms with Gasteiger partial charge in [-0.15, -0.1) is 0 Å². The van der Waals surface area contributed by atoms with Crippen LogP contribution in [-0.2, 0) is 0 Å². The van der Waals surface area contributed by atoms with Gasteiger partial charge in [0.05, 0.1) is 38.6 Å². The van der Waals surface area contributed by atoms with Gasteiger partial charge in [0.2, 0.25) is 46.0 Å². The van der Waals surface area contributed by atoms with Crippen molar-refractivity contribution < 1.29 is 102 Å². The van der Waals surface area contributed by atoms with Crippen LogP contribution in [0.5, 0.6) is 115 Å². The third kappa shape index (κ3) is 16.4. The number of hydrogen-bond donors (Lipinski definition) is 20. The Balaban J connectivity index is 0.000000182. The summed E-state index contributed by atoms with van der Waals surface area (Å²) < 4.78 is 2.67. The molecule has 724 valence electrons. The minimum absolute atomic E-state index is 0.241. The van der Waals surface area contributed by atoms with E-state index in [2.05, 4.69) is 288 Å². The Morgan fingerprint density at radius 2 is 0.312 bits per heavy atom. The van der Waals surface area contributed by atoms with E-state index >= 15 is 0 Å². The molecule has 20 rings (SSSR count). The molecule has 0 aromatic heterocycles. The maximum atomic E-state index is 10.8. The third-order valence-electron chi connectivity index (χ3n) is 27.3. The van der Waals surface area contributed by atoms with Gasteiger partial charge >= 0.3 is 380 Å². The maximum absolute atomic E-state index is 10.8. The molecule has 0 heterocycles. The van der Waals surface area contributed by atoms with Crippen molar-refractivity contribution in [1.82, 2.24) is 0 Å².